The Morgan fingerprint density at radius 1 is 1.14 bits per heavy atom. The number of amides is 1. The third kappa shape index (κ3) is 10.8. The Kier molecular flexibility index (Phi) is 14.1. The number of carbonyl (C=O) groups excluding carboxylic acids is 2. The molecule has 6 heteroatoms. The molecule has 3 rings (SSSR count). The summed E-state index contributed by atoms with van der Waals surface area (Å²) < 4.78 is 11.4. The molecule has 0 bridgehead atoms. The van der Waals surface area contributed by atoms with Crippen LogP contribution in [0.15, 0.2) is 36.4 Å². The predicted octanol–water partition coefficient (Wildman–Crippen LogP) is 7.46. The lowest BCUT2D eigenvalue weighted by molar-refractivity contribution is -0.122. The number of carbonyl (C=O) groups is 2. The van der Waals surface area contributed by atoms with E-state index in [4.69, 9.17) is 9.47 Å². The van der Waals surface area contributed by atoms with Crippen LogP contribution in [0.2, 0.25) is 0 Å². The Hall–Kier alpha value is -2.18. The zero-order chi connectivity index (χ0) is 30.4. The molecule has 1 saturated heterocycles. The molecule has 6 nitrogen and oxygen atoms in total. The van der Waals surface area contributed by atoms with Crippen molar-refractivity contribution < 1.29 is 24.2 Å². The first-order valence-corrected chi connectivity index (χ1v) is 16.6. The molecule has 2 fully saturated rings. The average molecular weight is 584 g/mol. The highest BCUT2D eigenvalue weighted by Gasteiger charge is 2.41. The normalized spacial score (nSPS) is 24.6. The Labute approximate surface area is 255 Å². The molecular weight excluding hydrogens is 526 g/mol. The lowest BCUT2D eigenvalue weighted by atomic mass is 9.67. The van der Waals surface area contributed by atoms with Gasteiger partial charge < -0.3 is 19.9 Å². The zero-order valence-corrected chi connectivity index (χ0v) is 26.8. The first-order valence-electron chi connectivity index (χ1n) is 16.6. The topological polar surface area (TPSA) is 84.9 Å². The number of aliphatic hydroxyl groups is 1. The fraction of sp³-hybridized carbons (Fsp3) is 0.722. The van der Waals surface area contributed by atoms with Gasteiger partial charge in [0.25, 0.3) is 0 Å². The van der Waals surface area contributed by atoms with Crippen LogP contribution in [0.3, 0.4) is 0 Å². The summed E-state index contributed by atoms with van der Waals surface area (Å²) in [4.78, 5) is 25.1. The van der Waals surface area contributed by atoms with Gasteiger partial charge in [-0.1, -0.05) is 69.7 Å². The summed E-state index contributed by atoms with van der Waals surface area (Å²) >= 11 is 0. The third-order valence-corrected chi connectivity index (χ3v) is 9.47. The van der Waals surface area contributed by atoms with Crippen LogP contribution in [0.5, 0.6) is 5.75 Å². The molecule has 1 aliphatic heterocycles. The van der Waals surface area contributed by atoms with Crippen LogP contribution in [0.4, 0.5) is 0 Å². The van der Waals surface area contributed by atoms with E-state index in [2.05, 4.69) is 44.3 Å². The number of methoxy groups -OCH3 is 1. The molecule has 1 heterocycles. The summed E-state index contributed by atoms with van der Waals surface area (Å²) in [6.07, 6.45) is 17.5. The number of Topliss-reactive ketones (excluding diaryl/α,β-unsaturated/α-hetero) is 1. The maximum absolute atomic E-state index is 12.6. The quantitative estimate of drug-likeness (QED) is 0.138. The summed E-state index contributed by atoms with van der Waals surface area (Å²) in [5.41, 5.74) is 1.06. The molecule has 42 heavy (non-hydrogen) atoms. The summed E-state index contributed by atoms with van der Waals surface area (Å²) in [6, 6.07) is 8.38. The van der Waals surface area contributed by atoms with Gasteiger partial charge in [0.05, 0.1) is 18.8 Å². The van der Waals surface area contributed by atoms with E-state index in [1.165, 1.54) is 5.56 Å². The van der Waals surface area contributed by atoms with Crippen molar-refractivity contribution in [2.75, 3.05) is 20.3 Å². The molecule has 236 valence electrons. The van der Waals surface area contributed by atoms with Crippen LogP contribution in [0, 0.1) is 11.8 Å². The molecule has 1 aromatic carbocycles. The molecule has 0 spiro atoms. The molecule has 1 aliphatic carbocycles. The summed E-state index contributed by atoms with van der Waals surface area (Å²) in [5.74, 6) is 1.73. The van der Waals surface area contributed by atoms with Gasteiger partial charge in [-0.25, -0.2) is 0 Å². The molecule has 2 N–H and O–H groups in total. The molecule has 0 aromatic heterocycles. The van der Waals surface area contributed by atoms with Gasteiger partial charge in [0.15, 0.2) is 0 Å². The van der Waals surface area contributed by atoms with E-state index in [0.29, 0.717) is 25.2 Å². The second-order valence-electron chi connectivity index (χ2n) is 13.3. The fourth-order valence-electron chi connectivity index (χ4n) is 7.07. The third-order valence-electron chi connectivity index (χ3n) is 9.47. The summed E-state index contributed by atoms with van der Waals surface area (Å²) in [5, 5.41) is 13.4. The van der Waals surface area contributed by atoms with Gasteiger partial charge in [0.2, 0.25) is 5.91 Å². The molecule has 1 amide bonds. The smallest absolute Gasteiger partial charge is 0.219 e. The summed E-state index contributed by atoms with van der Waals surface area (Å²) in [6.45, 7) is 7.86. The number of hydrogen-bond donors (Lipinski definition) is 2. The van der Waals surface area contributed by atoms with Crippen molar-refractivity contribution >= 4 is 11.7 Å². The molecular formula is C36H57NO5. The van der Waals surface area contributed by atoms with E-state index in [1.54, 1.807) is 7.11 Å². The zero-order valence-electron chi connectivity index (χ0n) is 26.8. The Balaban J connectivity index is 1.35. The number of benzene rings is 1. The fourth-order valence-corrected chi connectivity index (χ4v) is 7.07. The maximum atomic E-state index is 12.6. The first-order chi connectivity index (χ1) is 20.2. The number of ether oxygens (including phenoxy) is 2. The van der Waals surface area contributed by atoms with E-state index in [0.717, 1.165) is 95.8 Å². The van der Waals surface area contributed by atoms with Crippen LogP contribution < -0.4 is 10.1 Å². The van der Waals surface area contributed by atoms with Gasteiger partial charge >= 0.3 is 0 Å². The number of hydrogen-bond acceptors (Lipinski definition) is 5. The first kappa shape index (κ1) is 34.3. The van der Waals surface area contributed by atoms with E-state index in [1.807, 2.05) is 18.2 Å². The lowest BCUT2D eigenvalue weighted by Crippen LogP contribution is -2.45. The number of unbranched alkanes of at least 4 members (excludes halogenated alkanes) is 5. The van der Waals surface area contributed by atoms with Crippen molar-refractivity contribution in [2.24, 2.45) is 11.8 Å². The highest BCUT2D eigenvalue weighted by atomic mass is 16.5. The molecule has 1 aromatic rings. The molecule has 2 aliphatic rings. The van der Waals surface area contributed by atoms with Crippen LogP contribution in [-0.2, 0) is 19.7 Å². The molecule has 1 saturated carbocycles. The maximum Gasteiger partial charge on any atom is 0.219 e. The Bertz CT molecular complexity index is 987. The van der Waals surface area contributed by atoms with Gasteiger partial charge in [0.1, 0.15) is 11.5 Å². The van der Waals surface area contributed by atoms with Crippen molar-refractivity contribution in [3.05, 3.63) is 42.0 Å². The second kappa shape index (κ2) is 17.2. The minimum atomic E-state index is -0.393. The van der Waals surface area contributed by atoms with Crippen LogP contribution >= 0.6 is 0 Å². The standard InChI is InChI=1S/C36H57NO5/c1-5-6-9-12-30(38)19-15-28-16-22-33(39)32(28)13-10-7-8-11-14-34(40)37-25-23-36(24-26-42-35(2,3)27-36)29-17-20-31(41-4)21-18-29/h15,17-21,28,30,32,38H,5-14,16,22-27H2,1-4H3,(H,37,40)/b19-15+/t28-,30-,32+,36+/m0/s1. The van der Waals surface area contributed by atoms with Gasteiger partial charge in [-0.15, -0.1) is 0 Å². The van der Waals surface area contributed by atoms with Crippen molar-refractivity contribution in [1.82, 2.24) is 5.32 Å². The van der Waals surface area contributed by atoms with Crippen molar-refractivity contribution in [2.45, 2.75) is 134 Å². The monoisotopic (exact) mass is 583 g/mol. The van der Waals surface area contributed by atoms with Gasteiger partial charge in [0, 0.05) is 37.3 Å². The highest BCUT2D eigenvalue weighted by molar-refractivity contribution is 5.83. The number of rotatable bonds is 18. The van der Waals surface area contributed by atoms with Gasteiger partial charge in [-0.2, -0.15) is 0 Å². The minimum Gasteiger partial charge on any atom is -0.497 e. The van der Waals surface area contributed by atoms with Gasteiger partial charge in [-0.05, 0) is 82.4 Å². The van der Waals surface area contributed by atoms with Crippen LogP contribution in [-0.4, -0.2) is 48.8 Å². The lowest BCUT2D eigenvalue weighted by Gasteiger charge is -2.45. The van der Waals surface area contributed by atoms with Crippen molar-refractivity contribution in [1.29, 1.82) is 0 Å². The molecule has 0 unspecified atom stereocenters. The van der Waals surface area contributed by atoms with E-state index >= 15 is 0 Å². The predicted molar refractivity (Wildman–Crippen MR) is 170 cm³/mol. The molecule has 4 atom stereocenters. The van der Waals surface area contributed by atoms with Crippen molar-refractivity contribution in [3.8, 4) is 5.75 Å². The van der Waals surface area contributed by atoms with Crippen LogP contribution in [0.25, 0.3) is 0 Å². The Morgan fingerprint density at radius 2 is 1.90 bits per heavy atom. The summed E-state index contributed by atoms with van der Waals surface area (Å²) in [7, 11) is 1.69. The highest BCUT2D eigenvalue weighted by Crippen LogP contribution is 2.44. The molecule has 0 radical (unpaired) electrons. The second-order valence-corrected chi connectivity index (χ2v) is 13.3. The Morgan fingerprint density at radius 3 is 2.62 bits per heavy atom. The number of nitrogens with one attached hydrogen (secondary N) is 1. The van der Waals surface area contributed by atoms with Gasteiger partial charge in [-0.3, -0.25) is 9.59 Å². The van der Waals surface area contributed by atoms with E-state index < -0.39 is 6.10 Å². The van der Waals surface area contributed by atoms with E-state index in [9.17, 15) is 14.7 Å². The SMILES string of the molecule is CCCCC[C@H](O)/C=C/[C@H]1CCC(=O)[C@@H]1CCCCCCC(=O)NCC[C@@]1(c2ccc(OC)cc2)CCOC(C)(C)C1. The van der Waals surface area contributed by atoms with Crippen molar-refractivity contribution in [3.63, 3.8) is 0 Å². The number of aliphatic hydroxyl groups excluding tert-OH is 1. The average Bonchev–Trinajstić information content (AvgIpc) is 3.32. The number of ketones is 1. The largest absolute Gasteiger partial charge is 0.497 e. The number of allylic oxidation sites excluding steroid dienone is 1. The minimum absolute atomic E-state index is 0.0286. The van der Waals surface area contributed by atoms with E-state index in [-0.39, 0.29) is 28.8 Å². The van der Waals surface area contributed by atoms with Crippen LogP contribution in [0.1, 0.15) is 123 Å².